The Labute approximate surface area is 123 Å². The third-order valence-electron chi connectivity index (χ3n) is 4.06. The molecule has 1 aliphatic rings. The molecule has 1 N–H and O–H groups in total. The quantitative estimate of drug-likeness (QED) is 0.887. The molecule has 1 fully saturated rings. The molecule has 0 saturated carbocycles. The van der Waals surface area contributed by atoms with Crippen molar-refractivity contribution in [2.45, 2.75) is 19.4 Å². The number of aliphatic hydroxyl groups is 1. The predicted molar refractivity (Wildman–Crippen MR) is 80.0 cm³/mol. The van der Waals surface area contributed by atoms with E-state index < -0.39 is 0 Å². The van der Waals surface area contributed by atoms with Gasteiger partial charge in [-0.1, -0.05) is 0 Å². The molecule has 6 heteroatoms. The number of likely N-dealkylation sites (tertiary alicyclic amines) is 1. The van der Waals surface area contributed by atoms with E-state index in [2.05, 4.69) is 14.9 Å². The van der Waals surface area contributed by atoms with Gasteiger partial charge < -0.3 is 10.0 Å². The summed E-state index contributed by atoms with van der Waals surface area (Å²) in [5, 5.41) is 9.04. The zero-order chi connectivity index (χ0) is 14.7. The third kappa shape index (κ3) is 3.11. The van der Waals surface area contributed by atoms with Crippen LogP contribution < -0.4 is 5.56 Å². The molecule has 2 aromatic heterocycles. The van der Waals surface area contributed by atoms with Crippen LogP contribution in [0.3, 0.4) is 0 Å². The second-order valence-corrected chi connectivity index (χ2v) is 5.61. The largest absolute Gasteiger partial charge is 0.395 e. The van der Waals surface area contributed by atoms with Gasteiger partial charge in [0.2, 0.25) is 0 Å². The number of hydrogen-bond donors (Lipinski definition) is 1. The van der Waals surface area contributed by atoms with Crippen molar-refractivity contribution in [2.75, 3.05) is 26.2 Å². The molecule has 6 nitrogen and oxygen atoms in total. The van der Waals surface area contributed by atoms with E-state index in [1.165, 1.54) is 0 Å². The van der Waals surface area contributed by atoms with Gasteiger partial charge >= 0.3 is 0 Å². The van der Waals surface area contributed by atoms with Crippen LogP contribution in [-0.2, 0) is 6.54 Å². The number of nitrogens with zero attached hydrogens (tertiary/aromatic N) is 4. The van der Waals surface area contributed by atoms with Crippen molar-refractivity contribution in [2.24, 2.45) is 5.92 Å². The van der Waals surface area contributed by atoms with Gasteiger partial charge in [0, 0.05) is 25.8 Å². The normalized spacial score (nSPS) is 20.0. The van der Waals surface area contributed by atoms with Crippen molar-refractivity contribution in [1.82, 2.24) is 19.4 Å². The first-order valence-electron chi connectivity index (χ1n) is 7.41. The van der Waals surface area contributed by atoms with Crippen molar-refractivity contribution in [3.8, 4) is 0 Å². The Morgan fingerprint density at radius 1 is 1.38 bits per heavy atom. The fraction of sp³-hybridized carbons (Fsp3) is 0.533. The Bertz CT molecular complexity index is 668. The summed E-state index contributed by atoms with van der Waals surface area (Å²) in [6.45, 7) is 3.52. The Morgan fingerprint density at radius 3 is 3.14 bits per heavy atom. The van der Waals surface area contributed by atoms with Gasteiger partial charge in [-0.05, 0) is 37.4 Å². The fourth-order valence-electron chi connectivity index (χ4n) is 3.04. The number of piperidine rings is 1. The van der Waals surface area contributed by atoms with Gasteiger partial charge in [-0.25, -0.2) is 9.97 Å². The van der Waals surface area contributed by atoms with Crippen molar-refractivity contribution in [3.05, 3.63) is 35.0 Å². The molecule has 0 bridgehead atoms. The van der Waals surface area contributed by atoms with Crippen LogP contribution in [-0.4, -0.2) is 50.8 Å². The van der Waals surface area contributed by atoms with E-state index in [0.717, 1.165) is 25.9 Å². The van der Waals surface area contributed by atoms with E-state index >= 15 is 0 Å². The molecule has 0 radical (unpaired) electrons. The molecule has 3 rings (SSSR count). The van der Waals surface area contributed by atoms with E-state index in [0.29, 0.717) is 30.0 Å². The summed E-state index contributed by atoms with van der Waals surface area (Å²) in [4.78, 5) is 23.1. The summed E-state index contributed by atoms with van der Waals surface area (Å²) in [5.74, 6) is 0.422. The minimum atomic E-state index is -0.0696. The second kappa shape index (κ2) is 6.32. The minimum absolute atomic E-state index is 0.0696. The van der Waals surface area contributed by atoms with Gasteiger partial charge in [0.15, 0.2) is 5.52 Å². The number of hydrogen-bond acceptors (Lipinski definition) is 5. The average Bonchev–Trinajstić information content (AvgIpc) is 2.51. The maximum Gasteiger partial charge on any atom is 0.279 e. The van der Waals surface area contributed by atoms with Crippen LogP contribution >= 0.6 is 0 Å². The minimum Gasteiger partial charge on any atom is -0.395 e. The molecule has 112 valence electrons. The average molecular weight is 288 g/mol. The van der Waals surface area contributed by atoms with Gasteiger partial charge in [-0.15, -0.1) is 0 Å². The van der Waals surface area contributed by atoms with Crippen LogP contribution in [0.1, 0.15) is 12.8 Å². The lowest BCUT2D eigenvalue weighted by molar-refractivity contribution is 0.132. The highest BCUT2D eigenvalue weighted by atomic mass is 16.3. The van der Waals surface area contributed by atoms with Gasteiger partial charge in [0.25, 0.3) is 5.56 Å². The van der Waals surface area contributed by atoms with Crippen LogP contribution in [0.25, 0.3) is 11.0 Å². The summed E-state index contributed by atoms with van der Waals surface area (Å²) >= 11 is 0. The Balaban J connectivity index is 1.78. The van der Waals surface area contributed by atoms with Crippen molar-refractivity contribution < 1.29 is 5.11 Å². The monoisotopic (exact) mass is 288 g/mol. The number of fused-ring (bicyclic) bond motifs is 1. The first kappa shape index (κ1) is 14.2. The number of pyridine rings is 1. The van der Waals surface area contributed by atoms with E-state index in [1.54, 1.807) is 29.2 Å². The van der Waals surface area contributed by atoms with E-state index in [4.69, 9.17) is 5.11 Å². The van der Waals surface area contributed by atoms with Gasteiger partial charge in [-0.3, -0.25) is 9.36 Å². The van der Waals surface area contributed by atoms with Crippen molar-refractivity contribution in [3.63, 3.8) is 0 Å². The topological polar surface area (TPSA) is 71.2 Å². The van der Waals surface area contributed by atoms with Crippen molar-refractivity contribution in [1.29, 1.82) is 0 Å². The maximum absolute atomic E-state index is 12.4. The highest BCUT2D eigenvalue weighted by Crippen LogP contribution is 2.17. The summed E-state index contributed by atoms with van der Waals surface area (Å²) in [6.07, 6.45) is 5.46. The molecular weight excluding hydrogens is 268 g/mol. The van der Waals surface area contributed by atoms with E-state index in [-0.39, 0.29) is 12.2 Å². The molecule has 0 aromatic carbocycles. The standard InChI is InChI=1S/C15H20N4O2/c20-8-7-18-6-2-3-12(9-18)10-19-11-17-13-4-1-5-16-14(13)15(19)21/h1,4-5,11-12,20H,2-3,6-10H2. The summed E-state index contributed by atoms with van der Waals surface area (Å²) in [6, 6.07) is 3.59. The molecule has 21 heavy (non-hydrogen) atoms. The smallest absolute Gasteiger partial charge is 0.279 e. The van der Waals surface area contributed by atoms with Crippen LogP contribution in [0.5, 0.6) is 0 Å². The predicted octanol–water partition coefficient (Wildman–Crippen LogP) is 0.496. The van der Waals surface area contributed by atoms with Crippen LogP contribution in [0.15, 0.2) is 29.5 Å². The highest BCUT2D eigenvalue weighted by Gasteiger charge is 2.20. The van der Waals surface area contributed by atoms with Crippen molar-refractivity contribution >= 4 is 11.0 Å². The molecular formula is C15H20N4O2. The SMILES string of the molecule is O=c1c2ncccc2ncn1CC1CCCN(CCO)C1. The number of aromatic nitrogens is 3. The van der Waals surface area contributed by atoms with E-state index in [9.17, 15) is 4.79 Å². The fourth-order valence-corrected chi connectivity index (χ4v) is 3.04. The lowest BCUT2D eigenvalue weighted by Gasteiger charge is -2.32. The molecule has 0 spiro atoms. The maximum atomic E-state index is 12.4. The van der Waals surface area contributed by atoms with Crippen LogP contribution in [0, 0.1) is 5.92 Å². The van der Waals surface area contributed by atoms with Gasteiger partial charge in [0.05, 0.1) is 18.5 Å². The first-order valence-corrected chi connectivity index (χ1v) is 7.41. The molecule has 2 aromatic rings. The van der Waals surface area contributed by atoms with E-state index in [1.807, 2.05) is 0 Å². The third-order valence-corrected chi connectivity index (χ3v) is 4.06. The zero-order valence-corrected chi connectivity index (χ0v) is 12.0. The van der Waals surface area contributed by atoms with Gasteiger partial charge in [-0.2, -0.15) is 0 Å². The van der Waals surface area contributed by atoms with Gasteiger partial charge in [0.1, 0.15) is 0 Å². The molecule has 1 saturated heterocycles. The number of aliphatic hydroxyl groups excluding tert-OH is 1. The highest BCUT2D eigenvalue weighted by molar-refractivity contribution is 5.71. The number of rotatable bonds is 4. The lowest BCUT2D eigenvalue weighted by Crippen LogP contribution is -2.39. The molecule has 0 amide bonds. The molecule has 1 unspecified atom stereocenters. The zero-order valence-electron chi connectivity index (χ0n) is 12.0. The van der Waals surface area contributed by atoms with Crippen LogP contribution in [0.2, 0.25) is 0 Å². The Hall–Kier alpha value is -1.79. The number of β-amino-alcohol motifs (C(OH)–C–C–N with tert-alkyl or cyclic N) is 1. The molecule has 1 aliphatic heterocycles. The first-order chi connectivity index (χ1) is 10.3. The summed E-state index contributed by atoms with van der Waals surface area (Å²) < 4.78 is 1.67. The Morgan fingerprint density at radius 2 is 2.29 bits per heavy atom. The summed E-state index contributed by atoms with van der Waals surface area (Å²) in [7, 11) is 0. The molecule has 0 aliphatic carbocycles. The lowest BCUT2D eigenvalue weighted by atomic mass is 9.98. The molecule has 1 atom stereocenters. The summed E-state index contributed by atoms with van der Waals surface area (Å²) in [5.41, 5.74) is 1.01. The Kier molecular flexibility index (Phi) is 4.26. The molecule has 3 heterocycles. The van der Waals surface area contributed by atoms with Crippen LogP contribution in [0.4, 0.5) is 0 Å². The second-order valence-electron chi connectivity index (χ2n) is 5.61.